The molecule has 0 unspecified atom stereocenters. The molecular weight excluding hydrogens is 421 g/mol. The molecule has 6 nitrogen and oxygen atoms in total. The molecule has 0 saturated carbocycles. The molecule has 0 bridgehead atoms. The third-order valence-electron chi connectivity index (χ3n) is 4.42. The van der Waals surface area contributed by atoms with Gasteiger partial charge in [0.2, 0.25) is 0 Å². The number of pyridine rings is 1. The zero-order valence-electron chi connectivity index (χ0n) is 13.6. The number of fused-ring (bicyclic) bond motifs is 1. The van der Waals surface area contributed by atoms with Crippen LogP contribution < -0.4 is 4.90 Å². The lowest BCUT2D eigenvalue weighted by atomic mass is 10.1. The van der Waals surface area contributed by atoms with E-state index < -0.39 is 5.82 Å². The van der Waals surface area contributed by atoms with E-state index >= 15 is 0 Å². The summed E-state index contributed by atoms with van der Waals surface area (Å²) < 4.78 is 15.2. The van der Waals surface area contributed by atoms with E-state index in [1.54, 1.807) is 11.1 Å². The van der Waals surface area contributed by atoms with Gasteiger partial charge in [-0.2, -0.15) is 0 Å². The van der Waals surface area contributed by atoms with E-state index in [0.717, 1.165) is 10.3 Å². The normalized spacial score (nSPS) is 14.8. The molecule has 1 saturated heterocycles. The minimum atomic E-state index is -0.469. The highest BCUT2D eigenvalue weighted by atomic mass is 79.9. The Kier molecular flexibility index (Phi) is 4.49. The summed E-state index contributed by atoms with van der Waals surface area (Å²) in [4.78, 5) is 27.0. The lowest BCUT2D eigenvalue weighted by molar-refractivity contribution is 0.0748. The van der Waals surface area contributed by atoms with Crippen LogP contribution in [-0.4, -0.2) is 51.9 Å². The first-order valence-corrected chi connectivity index (χ1v) is 9.29. The van der Waals surface area contributed by atoms with E-state index in [1.807, 2.05) is 12.1 Å². The minimum Gasteiger partial charge on any atom is -0.353 e. The van der Waals surface area contributed by atoms with Gasteiger partial charge in [0.05, 0.1) is 16.6 Å². The molecule has 0 aliphatic carbocycles. The van der Waals surface area contributed by atoms with Crippen LogP contribution >= 0.6 is 28.1 Å². The number of benzene rings is 1. The summed E-state index contributed by atoms with van der Waals surface area (Å²) in [7, 11) is 0. The van der Waals surface area contributed by atoms with Crippen LogP contribution in [0, 0.1) is 10.6 Å². The topological polar surface area (TPSA) is 68.0 Å². The van der Waals surface area contributed by atoms with Crippen molar-refractivity contribution >= 4 is 50.9 Å². The number of hydrogen-bond acceptors (Lipinski definition) is 4. The molecule has 1 fully saturated rings. The number of nitrogens with one attached hydrogen (secondary N) is 2. The van der Waals surface area contributed by atoms with Crippen LogP contribution in [0.4, 0.5) is 10.2 Å². The Morgan fingerprint density at radius 3 is 2.65 bits per heavy atom. The van der Waals surface area contributed by atoms with Crippen LogP contribution in [0.15, 0.2) is 34.9 Å². The van der Waals surface area contributed by atoms with Gasteiger partial charge in [0.1, 0.15) is 11.6 Å². The molecule has 1 aliphatic rings. The molecule has 2 aromatic heterocycles. The fourth-order valence-electron chi connectivity index (χ4n) is 3.14. The number of aromatic amines is 2. The number of carbonyl (C=O) groups is 1. The van der Waals surface area contributed by atoms with Crippen LogP contribution in [0.1, 0.15) is 10.4 Å². The molecule has 3 heterocycles. The highest BCUT2D eigenvalue weighted by molar-refractivity contribution is 9.10. The number of halogens is 2. The number of aromatic nitrogens is 3. The molecule has 26 heavy (non-hydrogen) atoms. The van der Waals surface area contributed by atoms with Gasteiger partial charge in [-0.1, -0.05) is 0 Å². The predicted molar refractivity (Wildman–Crippen MR) is 103 cm³/mol. The van der Waals surface area contributed by atoms with E-state index in [4.69, 9.17) is 12.2 Å². The number of amides is 1. The molecule has 0 spiro atoms. The second-order valence-electron chi connectivity index (χ2n) is 6.07. The van der Waals surface area contributed by atoms with Crippen LogP contribution in [0.3, 0.4) is 0 Å². The van der Waals surface area contributed by atoms with Crippen molar-refractivity contribution in [2.75, 3.05) is 31.1 Å². The summed E-state index contributed by atoms with van der Waals surface area (Å²) >= 11 is 8.44. The number of imidazole rings is 1. The monoisotopic (exact) mass is 435 g/mol. The lowest BCUT2D eigenvalue weighted by Gasteiger charge is -2.35. The maximum absolute atomic E-state index is 13.9. The number of carbonyl (C=O) groups excluding carboxylic acids is 1. The summed E-state index contributed by atoms with van der Waals surface area (Å²) in [6.07, 6.45) is 1.75. The average molecular weight is 436 g/mol. The highest BCUT2D eigenvalue weighted by Gasteiger charge is 2.25. The number of piperazine rings is 1. The molecule has 2 N–H and O–H groups in total. The summed E-state index contributed by atoms with van der Waals surface area (Å²) in [6.45, 7) is 2.42. The second kappa shape index (κ2) is 6.81. The SMILES string of the molecule is O=C(c1cc(F)cc2[nH]c(=S)[nH]c12)N1CCN(c2ccc(Br)cn2)CC1. The first kappa shape index (κ1) is 17.2. The Bertz CT molecular complexity index is 1020. The Balaban J connectivity index is 1.54. The fourth-order valence-corrected chi connectivity index (χ4v) is 3.59. The fraction of sp³-hybridized carbons (Fsp3) is 0.235. The van der Waals surface area contributed by atoms with Crippen LogP contribution in [0.5, 0.6) is 0 Å². The largest absolute Gasteiger partial charge is 0.353 e. The molecular formula is C17H15BrFN5OS. The van der Waals surface area contributed by atoms with Crippen molar-refractivity contribution < 1.29 is 9.18 Å². The molecule has 134 valence electrons. The maximum Gasteiger partial charge on any atom is 0.256 e. The Hall–Kier alpha value is -2.26. The third-order valence-corrected chi connectivity index (χ3v) is 5.10. The van der Waals surface area contributed by atoms with Gasteiger partial charge >= 0.3 is 0 Å². The first-order valence-electron chi connectivity index (χ1n) is 8.08. The Morgan fingerprint density at radius 2 is 1.96 bits per heavy atom. The zero-order valence-corrected chi connectivity index (χ0v) is 16.0. The average Bonchev–Trinajstić information content (AvgIpc) is 3.01. The van der Waals surface area contributed by atoms with Crippen LogP contribution in [-0.2, 0) is 0 Å². The summed E-state index contributed by atoms with van der Waals surface area (Å²) in [6, 6.07) is 6.47. The minimum absolute atomic E-state index is 0.205. The number of rotatable bonds is 2. The molecule has 0 radical (unpaired) electrons. The smallest absolute Gasteiger partial charge is 0.256 e. The van der Waals surface area contributed by atoms with Gasteiger partial charge in [-0.05, 0) is 52.4 Å². The van der Waals surface area contributed by atoms with Gasteiger partial charge in [0, 0.05) is 36.8 Å². The molecule has 1 aromatic carbocycles. The third kappa shape index (κ3) is 3.24. The molecule has 1 aliphatic heterocycles. The Morgan fingerprint density at radius 1 is 1.19 bits per heavy atom. The molecule has 3 aromatic rings. The summed E-state index contributed by atoms with van der Waals surface area (Å²) in [5.74, 6) is 0.204. The number of anilines is 1. The molecule has 4 rings (SSSR count). The second-order valence-corrected chi connectivity index (χ2v) is 7.39. The highest BCUT2D eigenvalue weighted by Crippen LogP contribution is 2.21. The van der Waals surface area contributed by atoms with E-state index in [2.05, 4.69) is 35.8 Å². The van der Waals surface area contributed by atoms with E-state index in [1.165, 1.54) is 12.1 Å². The molecule has 9 heteroatoms. The van der Waals surface area contributed by atoms with Crippen LogP contribution in [0.25, 0.3) is 11.0 Å². The van der Waals surface area contributed by atoms with Gasteiger partial charge in [-0.3, -0.25) is 4.79 Å². The molecule has 0 atom stereocenters. The number of hydrogen-bond donors (Lipinski definition) is 2. The predicted octanol–water partition coefficient (Wildman–Crippen LogP) is 3.48. The Labute approximate surface area is 162 Å². The van der Waals surface area contributed by atoms with Gasteiger partial charge in [0.25, 0.3) is 5.91 Å². The van der Waals surface area contributed by atoms with E-state index in [0.29, 0.717) is 47.5 Å². The number of H-pyrrole nitrogens is 2. The van der Waals surface area contributed by atoms with Gasteiger partial charge < -0.3 is 19.8 Å². The van der Waals surface area contributed by atoms with E-state index in [9.17, 15) is 9.18 Å². The first-order chi connectivity index (χ1) is 12.5. The van der Waals surface area contributed by atoms with Crippen molar-refractivity contribution in [3.8, 4) is 0 Å². The van der Waals surface area contributed by atoms with Crippen LogP contribution in [0.2, 0.25) is 0 Å². The van der Waals surface area contributed by atoms with Crippen molar-refractivity contribution in [3.63, 3.8) is 0 Å². The standard InChI is InChI=1S/C17H15BrFN5OS/c18-10-1-2-14(20-9-10)23-3-5-24(6-4-23)16(25)12-7-11(19)8-13-15(12)22-17(26)21-13/h1-2,7-9H,3-6H2,(H2,21,22,26). The maximum atomic E-state index is 13.9. The summed E-state index contributed by atoms with van der Waals surface area (Å²) in [5.41, 5.74) is 1.33. The van der Waals surface area contributed by atoms with Gasteiger partial charge in [-0.25, -0.2) is 9.37 Å². The molecule has 1 amide bonds. The van der Waals surface area contributed by atoms with Crippen molar-refractivity contribution in [3.05, 3.63) is 51.1 Å². The van der Waals surface area contributed by atoms with Gasteiger partial charge in [0.15, 0.2) is 4.77 Å². The van der Waals surface area contributed by atoms with Crippen molar-refractivity contribution in [1.82, 2.24) is 19.9 Å². The lowest BCUT2D eigenvalue weighted by Crippen LogP contribution is -2.49. The van der Waals surface area contributed by atoms with Gasteiger partial charge in [-0.15, -0.1) is 0 Å². The quantitative estimate of drug-likeness (QED) is 0.604. The number of nitrogens with zero attached hydrogens (tertiary/aromatic N) is 3. The van der Waals surface area contributed by atoms with Crippen molar-refractivity contribution in [2.45, 2.75) is 0 Å². The van der Waals surface area contributed by atoms with Crippen molar-refractivity contribution in [2.24, 2.45) is 0 Å². The van der Waals surface area contributed by atoms with Crippen molar-refractivity contribution in [1.29, 1.82) is 0 Å². The van der Waals surface area contributed by atoms with E-state index in [-0.39, 0.29) is 5.91 Å². The summed E-state index contributed by atoms with van der Waals surface area (Å²) in [5, 5.41) is 0. The zero-order chi connectivity index (χ0) is 18.3.